The van der Waals surface area contributed by atoms with Crippen molar-refractivity contribution < 1.29 is 4.42 Å². The molecule has 0 aromatic carbocycles. The van der Waals surface area contributed by atoms with Crippen molar-refractivity contribution in [1.82, 2.24) is 20.4 Å². The standard InChI is InChI=1S/C12H12N4OS4/c1-3-18-11-15-16-12(21-11)20-7(2)9-13-14-10(17-9)8-5-4-6-19-8/h4-7H,3H2,1-2H3. The number of nitrogens with zero attached hydrogens (tertiary/aromatic N) is 4. The monoisotopic (exact) mass is 356 g/mol. The lowest BCUT2D eigenvalue weighted by atomic mass is 10.5. The molecule has 0 aliphatic heterocycles. The van der Waals surface area contributed by atoms with Gasteiger partial charge in [0.15, 0.2) is 8.68 Å². The average molecular weight is 357 g/mol. The molecule has 3 aromatic rings. The highest BCUT2D eigenvalue weighted by molar-refractivity contribution is 8.03. The second-order valence-electron chi connectivity index (χ2n) is 3.95. The smallest absolute Gasteiger partial charge is 0.257 e. The molecule has 21 heavy (non-hydrogen) atoms. The molecule has 0 aliphatic rings. The maximum absolute atomic E-state index is 5.73. The van der Waals surface area contributed by atoms with Crippen LogP contribution in [-0.2, 0) is 0 Å². The van der Waals surface area contributed by atoms with Crippen molar-refractivity contribution in [3.63, 3.8) is 0 Å². The van der Waals surface area contributed by atoms with Gasteiger partial charge in [0, 0.05) is 0 Å². The van der Waals surface area contributed by atoms with Crippen LogP contribution in [0.3, 0.4) is 0 Å². The van der Waals surface area contributed by atoms with Crippen molar-refractivity contribution in [2.75, 3.05) is 5.75 Å². The third-order valence-electron chi connectivity index (χ3n) is 2.45. The zero-order valence-electron chi connectivity index (χ0n) is 11.3. The lowest BCUT2D eigenvalue weighted by molar-refractivity contribution is 0.510. The van der Waals surface area contributed by atoms with Gasteiger partial charge in [-0.1, -0.05) is 47.9 Å². The lowest BCUT2D eigenvalue weighted by Gasteiger charge is -2.01. The third-order valence-corrected chi connectivity index (χ3v) is 6.42. The fraction of sp³-hybridized carbons (Fsp3) is 0.333. The molecule has 3 aromatic heterocycles. The maximum atomic E-state index is 5.73. The lowest BCUT2D eigenvalue weighted by Crippen LogP contribution is -1.88. The normalized spacial score (nSPS) is 12.7. The highest BCUT2D eigenvalue weighted by atomic mass is 32.2. The van der Waals surface area contributed by atoms with Crippen LogP contribution in [0.15, 0.2) is 30.6 Å². The Balaban J connectivity index is 1.68. The summed E-state index contributed by atoms with van der Waals surface area (Å²) in [4.78, 5) is 0.989. The number of rotatable bonds is 6. The molecule has 0 saturated heterocycles. The fourth-order valence-corrected chi connectivity index (χ4v) is 5.26. The van der Waals surface area contributed by atoms with E-state index in [1.165, 1.54) is 0 Å². The molecule has 0 N–H and O–H groups in total. The molecule has 0 radical (unpaired) electrons. The van der Waals surface area contributed by atoms with E-state index in [4.69, 9.17) is 4.42 Å². The van der Waals surface area contributed by atoms with Gasteiger partial charge in [-0.25, -0.2) is 0 Å². The Hall–Kier alpha value is -0.900. The molecule has 0 spiro atoms. The van der Waals surface area contributed by atoms with Gasteiger partial charge >= 0.3 is 0 Å². The van der Waals surface area contributed by atoms with Crippen LogP contribution in [0.2, 0.25) is 0 Å². The number of hydrogen-bond donors (Lipinski definition) is 0. The van der Waals surface area contributed by atoms with E-state index in [1.54, 1.807) is 46.2 Å². The first-order valence-electron chi connectivity index (χ1n) is 6.26. The van der Waals surface area contributed by atoms with Gasteiger partial charge in [-0.15, -0.1) is 31.7 Å². The predicted molar refractivity (Wildman–Crippen MR) is 88.2 cm³/mol. The summed E-state index contributed by atoms with van der Waals surface area (Å²) in [5.41, 5.74) is 0. The summed E-state index contributed by atoms with van der Waals surface area (Å²) in [5.74, 6) is 2.19. The zero-order chi connectivity index (χ0) is 14.7. The largest absolute Gasteiger partial charge is 0.419 e. The highest BCUT2D eigenvalue weighted by Gasteiger charge is 2.18. The van der Waals surface area contributed by atoms with Crippen molar-refractivity contribution >= 4 is 46.2 Å². The highest BCUT2D eigenvalue weighted by Crippen LogP contribution is 2.38. The van der Waals surface area contributed by atoms with Crippen LogP contribution < -0.4 is 0 Å². The van der Waals surface area contributed by atoms with Gasteiger partial charge in [0.05, 0.1) is 10.1 Å². The summed E-state index contributed by atoms with van der Waals surface area (Å²) in [6, 6.07) is 3.94. The maximum Gasteiger partial charge on any atom is 0.257 e. The van der Waals surface area contributed by atoms with Gasteiger partial charge < -0.3 is 4.42 Å². The molecule has 1 unspecified atom stereocenters. The molecule has 0 fully saturated rings. The minimum absolute atomic E-state index is 0.0543. The molecule has 110 valence electrons. The van der Waals surface area contributed by atoms with Gasteiger partial charge in [-0.2, -0.15) is 0 Å². The SMILES string of the molecule is CCSc1nnc(SC(C)c2nnc(-c3cccs3)o2)s1. The average Bonchev–Trinajstić information content (AvgIpc) is 3.20. The molecule has 0 saturated carbocycles. The summed E-state index contributed by atoms with van der Waals surface area (Å²) in [7, 11) is 0. The summed E-state index contributed by atoms with van der Waals surface area (Å²) in [6.07, 6.45) is 0. The number of thiophene rings is 1. The summed E-state index contributed by atoms with van der Waals surface area (Å²) in [5, 5.41) is 18.6. The first-order valence-corrected chi connectivity index (χ1v) is 9.82. The summed E-state index contributed by atoms with van der Waals surface area (Å²) >= 11 is 6.48. The van der Waals surface area contributed by atoms with Crippen molar-refractivity contribution in [1.29, 1.82) is 0 Å². The van der Waals surface area contributed by atoms with Gasteiger partial charge in [-0.3, -0.25) is 0 Å². The van der Waals surface area contributed by atoms with Crippen LogP contribution in [-0.4, -0.2) is 26.1 Å². The molecule has 0 amide bonds. The van der Waals surface area contributed by atoms with E-state index in [-0.39, 0.29) is 5.25 Å². The molecule has 3 heterocycles. The van der Waals surface area contributed by atoms with E-state index in [2.05, 4.69) is 27.3 Å². The number of hydrogen-bond acceptors (Lipinski definition) is 9. The Morgan fingerprint density at radius 2 is 2.10 bits per heavy atom. The van der Waals surface area contributed by atoms with E-state index < -0.39 is 0 Å². The minimum atomic E-state index is 0.0543. The molecule has 1 atom stereocenters. The number of thioether (sulfide) groups is 2. The third kappa shape index (κ3) is 3.65. The Kier molecular flexibility index (Phi) is 4.94. The van der Waals surface area contributed by atoms with Gasteiger partial charge in [0.2, 0.25) is 5.89 Å². The predicted octanol–water partition coefficient (Wildman–Crippen LogP) is 4.61. The molecule has 0 aliphatic carbocycles. The van der Waals surface area contributed by atoms with Crippen LogP contribution in [0.4, 0.5) is 0 Å². The van der Waals surface area contributed by atoms with Crippen molar-refractivity contribution in [2.45, 2.75) is 27.8 Å². The Morgan fingerprint density at radius 3 is 2.86 bits per heavy atom. The molecular weight excluding hydrogens is 344 g/mol. The van der Waals surface area contributed by atoms with Crippen LogP contribution in [0.5, 0.6) is 0 Å². The van der Waals surface area contributed by atoms with Crippen LogP contribution in [0, 0.1) is 0 Å². The first kappa shape index (κ1) is 15.0. The Labute approximate surface area is 138 Å². The molecule has 9 heteroatoms. The topological polar surface area (TPSA) is 64.7 Å². The molecule has 5 nitrogen and oxygen atoms in total. The number of aromatic nitrogens is 4. The fourth-order valence-electron chi connectivity index (χ4n) is 1.53. The van der Waals surface area contributed by atoms with Crippen LogP contribution in [0.25, 0.3) is 10.8 Å². The minimum Gasteiger partial charge on any atom is -0.419 e. The molecular formula is C12H12N4OS4. The first-order chi connectivity index (χ1) is 10.3. The van der Waals surface area contributed by atoms with Crippen molar-refractivity contribution in [3.05, 3.63) is 23.4 Å². The van der Waals surface area contributed by atoms with Crippen molar-refractivity contribution in [3.8, 4) is 10.8 Å². The Morgan fingerprint density at radius 1 is 1.24 bits per heavy atom. The second kappa shape index (κ2) is 6.91. The van der Waals surface area contributed by atoms with Gasteiger partial charge in [-0.05, 0) is 24.1 Å². The van der Waals surface area contributed by atoms with E-state index >= 15 is 0 Å². The van der Waals surface area contributed by atoms with Crippen LogP contribution >= 0.6 is 46.2 Å². The van der Waals surface area contributed by atoms with Crippen molar-refractivity contribution in [2.24, 2.45) is 0 Å². The van der Waals surface area contributed by atoms with Crippen LogP contribution in [0.1, 0.15) is 25.0 Å². The van der Waals surface area contributed by atoms with Gasteiger partial charge in [0.25, 0.3) is 5.89 Å². The van der Waals surface area contributed by atoms with E-state index in [0.29, 0.717) is 11.8 Å². The van der Waals surface area contributed by atoms with E-state index in [9.17, 15) is 0 Å². The van der Waals surface area contributed by atoms with E-state index in [1.807, 2.05) is 24.4 Å². The summed E-state index contributed by atoms with van der Waals surface area (Å²) in [6.45, 7) is 4.14. The quantitative estimate of drug-likeness (QED) is 0.597. The zero-order valence-corrected chi connectivity index (χ0v) is 14.6. The second-order valence-corrected chi connectivity index (χ2v) is 8.97. The Bertz CT molecular complexity index is 694. The van der Waals surface area contributed by atoms with E-state index in [0.717, 1.165) is 19.3 Å². The van der Waals surface area contributed by atoms with Gasteiger partial charge in [0.1, 0.15) is 0 Å². The summed E-state index contributed by atoms with van der Waals surface area (Å²) < 4.78 is 7.66. The molecule has 0 bridgehead atoms. The molecule has 3 rings (SSSR count).